The molecule has 0 aromatic carbocycles. The number of rotatable bonds is 10. The molecule has 1 aliphatic heterocycles. The number of aryl methyl sites for hydroxylation is 2. The van der Waals surface area contributed by atoms with Crippen LogP contribution in [-0.2, 0) is 13.6 Å². The molecule has 0 spiro atoms. The number of nitrogens with two attached hydrogens (primary N) is 1. The molecular weight excluding hydrogens is 664 g/mol. The van der Waals surface area contributed by atoms with Crippen molar-refractivity contribution in [1.29, 1.82) is 0 Å². The van der Waals surface area contributed by atoms with Gasteiger partial charge in [0.25, 0.3) is 0 Å². The Morgan fingerprint density at radius 1 is 1.29 bits per heavy atom. The van der Waals surface area contributed by atoms with Crippen LogP contribution in [0.5, 0.6) is 5.75 Å². The predicted octanol–water partition coefficient (Wildman–Crippen LogP) is 4.58. The van der Waals surface area contributed by atoms with Crippen LogP contribution < -0.4 is 21.3 Å². The van der Waals surface area contributed by atoms with E-state index in [-0.39, 0.29) is 22.1 Å². The Morgan fingerprint density at radius 3 is 2.85 bits per heavy atom. The second kappa shape index (κ2) is 11.9. The predicted molar refractivity (Wildman–Crippen MR) is 165 cm³/mol. The molecule has 1 saturated heterocycles. The number of ether oxygens (including phenoxy) is 1. The Hall–Kier alpha value is -3.30. The van der Waals surface area contributed by atoms with Gasteiger partial charge < -0.3 is 10.5 Å². The number of hydrogen-bond acceptors (Lipinski definition) is 9. The van der Waals surface area contributed by atoms with Gasteiger partial charge in [0.15, 0.2) is 11.5 Å². The van der Waals surface area contributed by atoms with Gasteiger partial charge in [-0.05, 0) is 0 Å². The van der Waals surface area contributed by atoms with Gasteiger partial charge in [0.05, 0.1) is 12.4 Å². The van der Waals surface area contributed by atoms with Crippen LogP contribution in [0.1, 0.15) is 36.4 Å². The van der Waals surface area contributed by atoms with E-state index in [0.717, 1.165) is 42.3 Å². The van der Waals surface area contributed by atoms with E-state index in [1.807, 2.05) is 12.3 Å². The van der Waals surface area contributed by atoms with Crippen molar-refractivity contribution in [1.82, 2.24) is 34.0 Å². The maximum absolute atomic E-state index is 13.7. The third-order valence-corrected chi connectivity index (χ3v) is 10.9. The fourth-order valence-corrected chi connectivity index (χ4v) is 8.41. The van der Waals surface area contributed by atoms with Gasteiger partial charge in [0.1, 0.15) is 10.7 Å². The molecule has 14 heteroatoms. The number of fused-ring (bicyclic) bond motifs is 1. The van der Waals surface area contributed by atoms with Crippen LogP contribution in [0, 0.1) is 0 Å². The molecule has 4 aromatic heterocycles. The first kappa shape index (κ1) is 27.8. The molecule has 0 radical (unpaired) electrons. The fraction of sp³-hybridized carbons (Fsp3) is 0.370. The van der Waals surface area contributed by atoms with E-state index in [1.165, 1.54) is 24.8 Å². The van der Waals surface area contributed by atoms with Gasteiger partial charge in [0, 0.05) is 18.6 Å². The number of anilines is 2. The first-order valence-corrected chi connectivity index (χ1v) is 17.5. The van der Waals surface area contributed by atoms with Gasteiger partial charge in [-0.2, -0.15) is 0 Å². The van der Waals surface area contributed by atoms with Gasteiger partial charge >= 0.3 is 159 Å². The third kappa shape index (κ3) is 6.02. The first-order chi connectivity index (χ1) is 19.9. The van der Waals surface area contributed by atoms with Gasteiger partial charge in [-0.1, -0.05) is 11.6 Å². The van der Waals surface area contributed by atoms with Gasteiger partial charge in [-0.3, -0.25) is 4.98 Å². The molecule has 0 atom stereocenters. The number of halogens is 3. The molecule has 5 heterocycles. The molecule has 3 N–H and O–H groups in total. The Labute approximate surface area is 248 Å². The smallest absolute Gasteiger partial charge is 0.450 e. The molecule has 1 saturated carbocycles. The SMILES string of the molecule is Cn1c(Nc2cc(C3CC3)cn(CCCN3CCI(F)C3)c2=O)nc2ncc(OC(=CN)c3cnccn3)c(Cl)c21. The summed E-state index contributed by atoms with van der Waals surface area (Å²) < 4.78 is 24.5. The molecule has 41 heavy (non-hydrogen) atoms. The molecule has 6 rings (SSSR count). The van der Waals surface area contributed by atoms with Gasteiger partial charge in [-0.25, -0.2) is 9.97 Å². The van der Waals surface area contributed by atoms with Crippen LogP contribution in [0.4, 0.5) is 14.5 Å². The summed E-state index contributed by atoms with van der Waals surface area (Å²) in [7, 11) is 1.79. The average Bonchev–Trinajstić information content (AvgIpc) is 3.67. The minimum atomic E-state index is -2.21. The van der Waals surface area contributed by atoms with Crippen LogP contribution in [0.15, 0.2) is 48.0 Å². The topological polar surface area (TPSA) is 129 Å². The molecule has 0 unspecified atom stereocenters. The van der Waals surface area contributed by atoms with Crippen molar-refractivity contribution in [3.05, 3.63) is 69.9 Å². The van der Waals surface area contributed by atoms with Crippen LogP contribution >= 0.6 is 32.0 Å². The molecule has 2 aliphatic rings. The number of pyridine rings is 2. The van der Waals surface area contributed by atoms with E-state index < -0.39 is 20.4 Å². The molecular formula is C27H30ClFIN9O2. The quantitative estimate of drug-likeness (QED) is 0.106. The van der Waals surface area contributed by atoms with E-state index in [2.05, 4.69) is 30.2 Å². The number of nitrogens with one attached hydrogen (secondary N) is 1. The monoisotopic (exact) mass is 693 g/mol. The summed E-state index contributed by atoms with van der Waals surface area (Å²) in [6.07, 6.45) is 12.3. The van der Waals surface area contributed by atoms with Crippen molar-refractivity contribution in [2.45, 2.75) is 31.7 Å². The van der Waals surface area contributed by atoms with E-state index in [1.54, 1.807) is 22.4 Å². The normalized spacial score (nSPS) is 17.0. The van der Waals surface area contributed by atoms with Gasteiger partial charge in [-0.15, -0.1) is 0 Å². The molecule has 0 amide bonds. The van der Waals surface area contributed by atoms with Crippen molar-refractivity contribution >= 4 is 60.6 Å². The molecule has 0 bridgehead atoms. The third-order valence-electron chi connectivity index (χ3n) is 7.17. The van der Waals surface area contributed by atoms with Crippen LogP contribution in [0.2, 0.25) is 5.02 Å². The summed E-state index contributed by atoms with van der Waals surface area (Å²) in [5.74, 6) is 1.42. The van der Waals surface area contributed by atoms with E-state index in [9.17, 15) is 7.65 Å². The zero-order valence-corrected chi connectivity index (χ0v) is 25.3. The van der Waals surface area contributed by atoms with Crippen LogP contribution in [0.3, 0.4) is 0 Å². The van der Waals surface area contributed by atoms with Crippen molar-refractivity contribution in [3.63, 3.8) is 0 Å². The second-order valence-electron chi connectivity index (χ2n) is 10.1. The van der Waals surface area contributed by atoms with Crippen molar-refractivity contribution < 1.29 is 7.60 Å². The first-order valence-electron chi connectivity index (χ1n) is 13.3. The Bertz CT molecular complexity index is 1660. The van der Waals surface area contributed by atoms with Gasteiger partial charge in [0.2, 0.25) is 0 Å². The number of hydrogen-bond donors (Lipinski definition) is 2. The number of aromatic nitrogens is 6. The average molecular weight is 694 g/mol. The number of alkyl halides is 2. The molecule has 11 nitrogen and oxygen atoms in total. The maximum atomic E-state index is 13.7. The van der Waals surface area contributed by atoms with Crippen LogP contribution in [0.25, 0.3) is 16.9 Å². The van der Waals surface area contributed by atoms with E-state index in [0.29, 0.717) is 45.5 Å². The Kier molecular flexibility index (Phi) is 8.08. The molecule has 216 valence electrons. The minimum Gasteiger partial charge on any atom is -0.450 e. The molecule has 2 fully saturated rings. The zero-order valence-electron chi connectivity index (χ0n) is 22.4. The number of nitrogens with zero attached hydrogens (tertiary/aromatic N) is 7. The zero-order chi connectivity index (χ0) is 28.5. The molecule has 1 aliphatic carbocycles. The van der Waals surface area contributed by atoms with Crippen molar-refractivity contribution in [2.75, 3.05) is 27.4 Å². The second-order valence-corrected chi connectivity index (χ2v) is 14.5. The van der Waals surface area contributed by atoms with Crippen molar-refractivity contribution in [2.24, 2.45) is 12.8 Å². The molecule has 4 aromatic rings. The number of imidazole rings is 1. The summed E-state index contributed by atoms with van der Waals surface area (Å²) in [6, 6.07) is 1.92. The van der Waals surface area contributed by atoms with E-state index >= 15 is 0 Å². The summed E-state index contributed by atoms with van der Waals surface area (Å²) in [5, 5.41) is 3.51. The van der Waals surface area contributed by atoms with E-state index in [4.69, 9.17) is 22.1 Å². The summed E-state index contributed by atoms with van der Waals surface area (Å²) >= 11 is 4.55. The Morgan fingerprint density at radius 2 is 2.15 bits per heavy atom. The minimum absolute atomic E-state index is 0.133. The standard InChI is InChI=1S/C27H30ClFIN9O2/c1-37-24-23(28)22(41-21(12-31)20-13-32-6-7-33-20)14-34-25(24)36-27(37)35-19-11-18(17-3-4-17)15-39(26(19)40)9-2-8-38-10-5-30(29)16-38/h6-7,11-15,17H,2-5,8-10,16,31H2,1H3,(H,34,35,36). The van der Waals surface area contributed by atoms with Crippen molar-refractivity contribution in [3.8, 4) is 5.75 Å². The van der Waals surface area contributed by atoms with Crippen LogP contribution in [-0.4, -0.2) is 56.0 Å². The Balaban J connectivity index is 1.26. The summed E-state index contributed by atoms with van der Waals surface area (Å²) in [4.78, 5) is 33.0. The summed E-state index contributed by atoms with van der Waals surface area (Å²) in [6.45, 7) is 2.22. The fourth-order valence-electron chi connectivity index (χ4n) is 4.84. The summed E-state index contributed by atoms with van der Waals surface area (Å²) in [5.41, 5.74) is 8.57.